The number of hydrogen-bond acceptors (Lipinski definition) is 4. The quantitative estimate of drug-likeness (QED) is 0.553. The molecule has 2 N–H and O–H groups in total. The van der Waals surface area contributed by atoms with Gasteiger partial charge in [0.1, 0.15) is 0 Å². The summed E-state index contributed by atoms with van der Waals surface area (Å²) < 4.78 is 4.99. The van der Waals surface area contributed by atoms with E-state index in [2.05, 4.69) is 38.3 Å². The number of rotatable bonds is 8. The topological polar surface area (TPSA) is 87.7 Å². The molecule has 2 atom stereocenters. The van der Waals surface area contributed by atoms with Crippen LogP contribution in [0.15, 0.2) is 35.5 Å². The lowest BCUT2D eigenvalue weighted by atomic mass is 9.84. The second kappa shape index (κ2) is 10.7. The molecular formula is C25H37N3O4. The third-order valence-corrected chi connectivity index (χ3v) is 5.47. The van der Waals surface area contributed by atoms with Crippen molar-refractivity contribution in [2.45, 2.75) is 66.8 Å². The predicted octanol–water partition coefficient (Wildman–Crippen LogP) is 5.01. The maximum Gasteiger partial charge on any atom is 0.337 e. The number of amides is 3. The van der Waals surface area contributed by atoms with Crippen LogP contribution in [0.25, 0.3) is 0 Å². The molecule has 0 aliphatic carbocycles. The van der Waals surface area contributed by atoms with Gasteiger partial charge in [-0.1, -0.05) is 46.8 Å². The maximum absolute atomic E-state index is 12.6. The van der Waals surface area contributed by atoms with Gasteiger partial charge in [-0.25, -0.2) is 9.59 Å². The highest BCUT2D eigenvalue weighted by Gasteiger charge is 2.35. The molecule has 1 aromatic carbocycles. The van der Waals surface area contributed by atoms with E-state index in [-0.39, 0.29) is 23.3 Å². The Balaban J connectivity index is 2.17. The second-order valence-electron chi connectivity index (χ2n) is 9.77. The standard InChI is InChI=1S/C25H37N3O4/c1-8-13-28-17(3)21(23(30)32-7)22(27-24(28)31)18-9-11-19(12-10-18)26-20(29)14-16(2)15-25(4,5)6/h9-12,16,22H,8,13-15H2,1-7H3,(H,26,29)(H,27,31). The average molecular weight is 444 g/mol. The third kappa shape index (κ3) is 6.58. The van der Waals surface area contributed by atoms with Crippen molar-refractivity contribution in [3.05, 3.63) is 41.1 Å². The number of urea groups is 1. The molecule has 0 aromatic heterocycles. The average Bonchev–Trinajstić information content (AvgIpc) is 2.69. The number of carbonyl (C=O) groups excluding carboxylic acids is 3. The van der Waals surface area contributed by atoms with Gasteiger partial charge in [0, 0.05) is 24.4 Å². The van der Waals surface area contributed by atoms with Crippen LogP contribution in [0.1, 0.15) is 72.4 Å². The van der Waals surface area contributed by atoms with Crippen molar-refractivity contribution >= 4 is 23.6 Å². The Bertz CT molecular complexity index is 868. The Morgan fingerprint density at radius 3 is 2.38 bits per heavy atom. The number of methoxy groups -OCH3 is 1. The van der Waals surface area contributed by atoms with E-state index in [1.165, 1.54) is 7.11 Å². The van der Waals surface area contributed by atoms with Crippen molar-refractivity contribution in [2.75, 3.05) is 19.0 Å². The molecule has 176 valence electrons. The van der Waals surface area contributed by atoms with E-state index in [1.807, 2.05) is 19.1 Å². The minimum absolute atomic E-state index is 0.0262. The Labute approximate surface area is 191 Å². The minimum atomic E-state index is -0.611. The van der Waals surface area contributed by atoms with Gasteiger partial charge in [0.2, 0.25) is 5.91 Å². The van der Waals surface area contributed by atoms with Gasteiger partial charge >= 0.3 is 12.0 Å². The summed E-state index contributed by atoms with van der Waals surface area (Å²) in [5, 5.41) is 5.85. The van der Waals surface area contributed by atoms with Crippen LogP contribution in [-0.4, -0.2) is 36.5 Å². The van der Waals surface area contributed by atoms with E-state index < -0.39 is 12.0 Å². The Morgan fingerprint density at radius 2 is 1.84 bits per heavy atom. The highest BCUT2D eigenvalue weighted by atomic mass is 16.5. The smallest absolute Gasteiger partial charge is 0.337 e. The van der Waals surface area contributed by atoms with Crippen LogP contribution in [0.4, 0.5) is 10.5 Å². The van der Waals surface area contributed by atoms with Crippen molar-refractivity contribution in [1.82, 2.24) is 10.2 Å². The molecule has 2 rings (SSSR count). The molecule has 0 bridgehead atoms. The molecule has 1 aromatic rings. The molecule has 0 fully saturated rings. The fourth-order valence-corrected chi connectivity index (χ4v) is 4.30. The summed E-state index contributed by atoms with van der Waals surface area (Å²) in [4.78, 5) is 39.1. The zero-order chi connectivity index (χ0) is 24.1. The summed E-state index contributed by atoms with van der Waals surface area (Å²) in [6, 6.07) is 6.34. The molecule has 7 nitrogen and oxygen atoms in total. The number of nitrogens with zero attached hydrogens (tertiary/aromatic N) is 1. The molecule has 7 heteroatoms. The van der Waals surface area contributed by atoms with Crippen molar-refractivity contribution in [1.29, 1.82) is 0 Å². The number of carbonyl (C=O) groups is 3. The van der Waals surface area contributed by atoms with Gasteiger partial charge in [0.25, 0.3) is 0 Å². The zero-order valence-corrected chi connectivity index (χ0v) is 20.4. The van der Waals surface area contributed by atoms with Gasteiger partial charge in [0.05, 0.1) is 18.7 Å². The zero-order valence-electron chi connectivity index (χ0n) is 20.4. The minimum Gasteiger partial charge on any atom is -0.466 e. The van der Waals surface area contributed by atoms with Crippen LogP contribution in [0.2, 0.25) is 0 Å². The first-order valence-corrected chi connectivity index (χ1v) is 11.2. The Morgan fingerprint density at radius 1 is 1.22 bits per heavy atom. The molecule has 32 heavy (non-hydrogen) atoms. The van der Waals surface area contributed by atoms with Gasteiger partial charge in [-0.15, -0.1) is 0 Å². The Kier molecular flexibility index (Phi) is 8.47. The van der Waals surface area contributed by atoms with E-state index in [9.17, 15) is 14.4 Å². The lowest BCUT2D eigenvalue weighted by Crippen LogP contribution is -2.48. The first kappa shape index (κ1) is 25.4. The molecule has 1 heterocycles. The highest BCUT2D eigenvalue weighted by Crippen LogP contribution is 2.32. The molecule has 0 saturated carbocycles. The van der Waals surface area contributed by atoms with Crippen LogP contribution in [0.3, 0.4) is 0 Å². The number of anilines is 1. The molecule has 0 saturated heterocycles. The molecule has 3 amide bonds. The predicted molar refractivity (Wildman–Crippen MR) is 126 cm³/mol. The van der Waals surface area contributed by atoms with Gasteiger partial charge in [-0.3, -0.25) is 9.69 Å². The van der Waals surface area contributed by atoms with E-state index in [0.29, 0.717) is 29.9 Å². The van der Waals surface area contributed by atoms with Crippen LogP contribution < -0.4 is 10.6 Å². The summed E-state index contributed by atoms with van der Waals surface area (Å²) >= 11 is 0. The van der Waals surface area contributed by atoms with Crippen molar-refractivity contribution in [3.8, 4) is 0 Å². The molecule has 2 unspecified atom stereocenters. The molecule has 0 radical (unpaired) electrons. The fraction of sp³-hybridized carbons (Fsp3) is 0.560. The molecule has 0 spiro atoms. The number of benzene rings is 1. The number of nitrogens with one attached hydrogen (secondary N) is 2. The van der Waals surface area contributed by atoms with Crippen LogP contribution in [-0.2, 0) is 14.3 Å². The van der Waals surface area contributed by atoms with E-state index in [1.54, 1.807) is 24.0 Å². The normalized spacial score (nSPS) is 17.7. The van der Waals surface area contributed by atoms with Crippen molar-refractivity contribution in [2.24, 2.45) is 11.3 Å². The summed E-state index contributed by atoms with van der Waals surface area (Å²) in [6.45, 7) is 12.9. The number of ether oxygens (including phenoxy) is 1. The summed E-state index contributed by atoms with van der Waals surface area (Å²) in [7, 11) is 1.33. The molecule has 1 aliphatic heterocycles. The van der Waals surface area contributed by atoms with Gasteiger partial charge in [-0.05, 0) is 48.8 Å². The van der Waals surface area contributed by atoms with Crippen molar-refractivity contribution in [3.63, 3.8) is 0 Å². The lowest BCUT2D eigenvalue weighted by Gasteiger charge is -2.35. The second-order valence-corrected chi connectivity index (χ2v) is 9.77. The first-order chi connectivity index (χ1) is 15.0. The number of esters is 1. The SMILES string of the molecule is CCCN1C(=O)NC(c2ccc(NC(=O)CC(C)CC(C)(C)C)cc2)C(C(=O)OC)=C1C. The van der Waals surface area contributed by atoms with Crippen LogP contribution in [0.5, 0.6) is 0 Å². The van der Waals surface area contributed by atoms with Gasteiger partial charge in [0.15, 0.2) is 0 Å². The molecule has 1 aliphatic rings. The van der Waals surface area contributed by atoms with Crippen molar-refractivity contribution < 1.29 is 19.1 Å². The van der Waals surface area contributed by atoms with E-state index in [0.717, 1.165) is 18.4 Å². The van der Waals surface area contributed by atoms with Crippen LogP contribution in [0, 0.1) is 11.3 Å². The third-order valence-electron chi connectivity index (χ3n) is 5.47. The number of hydrogen-bond donors (Lipinski definition) is 2. The maximum atomic E-state index is 12.6. The fourth-order valence-electron chi connectivity index (χ4n) is 4.30. The monoisotopic (exact) mass is 443 g/mol. The lowest BCUT2D eigenvalue weighted by molar-refractivity contribution is -0.136. The Hall–Kier alpha value is -2.83. The summed E-state index contributed by atoms with van der Waals surface area (Å²) in [6.07, 6.45) is 2.20. The van der Waals surface area contributed by atoms with Gasteiger partial charge < -0.3 is 15.4 Å². The summed E-state index contributed by atoms with van der Waals surface area (Å²) in [5.41, 5.74) is 2.61. The van der Waals surface area contributed by atoms with Crippen LogP contribution >= 0.6 is 0 Å². The summed E-state index contributed by atoms with van der Waals surface area (Å²) in [5.74, 6) is -0.214. The number of allylic oxidation sites excluding steroid dienone is 1. The van der Waals surface area contributed by atoms with E-state index >= 15 is 0 Å². The largest absolute Gasteiger partial charge is 0.466 e. The molecular weight excluding hydrogens is 406 g/mol. The van der Waals surface area contributed by atoms with Gasteiger partial charge in [-0.2, -0.15) is 0 Å². The highest BCUT2D eigenvalue weighted by molar-refractivity contribution is 5.95. The first-order valence-electron chi connectivity index (χ1n) is 11.2. The van der Waals surface area contributed by atoms with E-state index in [4.69, 9.17) is 4.74 Å².